The summed E-state index contributed by atoms with van der Waals surface area (Å²) in [6.45, 7) is 7.05. The summed E-state index contributed by atoms with van der Waals surface area (Å²) in [4.78, 5) is 58.5. The Morgan fingerprint density at radius 3 is 2.13 bits per heavy atom. The SMILES string of the molecule is CCCC(CCCCNC(=O)NCCCOCC(=O)NCc1ccc(CC(=O)CC(C)=O)cc1)C(=O)CC. The summed E-state index contributed by atoms with van der Waals surface area (Å²) in [7, 11) is 0. The Bertz CT molecular complexity index is 885. The lowest BCUT2D eigenvalue weighted by Gasteiger charge is -2.14. The molecule has 0 saturated carbocycles. The maximum absolute atomic E-state index is 12.0. The van der Waals surface area contributed by atoms with Crippen LogP contribution in [0.1, 0.15) is 83.3 Å². The van der Waals surface area contributed by atoms with Crippen LogP contribution in [0.4, 0.5) is 4.79 Å². The van der Waals surface area contributed by atoms with Crippen molar-refractivity contribution < 1.29 is 28.7 Å². The Morgan fingerprint density at radius 2 is 1.50 bits per heavy atom. The van der Waals surface area contributed by atoms with Gasteiger partial charge in [-0.15, -0.1) is 0 Å². The third-order valence-electron chi connectivity index (χ3n) is 6.05. The number of unbranched alkanes of at least 4 members (excludes halogenated alkanes) is 1. The van der Waals surface area contributed by atoms with Gasteiger partial charge < -0.3 is 20.7 Å². The number of benzene rings is 1. The molecule has 0 spiro atoms. The van der Waals surface area contributed by atoms with Crippen molar-refractivity contribution in [3.05, 3.63) is 35.4 Å². The van der Waals surface area contributed by atoms with Crippen LogP contribution < -0.4 is 16.0 Å². The fourth-order valence-corrected chi connectivity index (χ4v) is 4.02. The monoisotopic (exact) mass is 531 g/mol. The molecule has 38 heavy (non-hydrogen) atoms. The first-order chi connectivity index (χ1) is 18.2. The van der Waals surface area contributed by atoms with Gasteiger partial charge in [-0.2, -0.15) is 0 Å². The molecule has 1 atom stereocenters. The van der Waals surface area contributed by atoms with E-state index in [4.69, 9.17) is 4.74 Å². The normalized spacial score (nSPS) is 11.4. The van der Waals surface area contributed by atoms with Crippen LogP contribution in [-0.4, -0.2) is 55.6 Å². The quantitative estimate of drug-likeness (QED) is 0.164. The summed E-state index contributed by atoms with van der Waals surface area (Å²) in [5.41, 5.74) is 1.73. The fraction of sp³-hybridized carbons (Fsp3) is 0.621. The Morgan fingerprint density at radius 1 is 0.842 bits per heavy atom. The van der Waals surface area contributed by atoms with Gasteiger partial charge in [0, 0.05) is 45.0 Å². The van der Waals surface area contributed by atoms with Gasteiger partial charge in [0.2, 0.25) is 5.91 Å². The van der Waals surface area contributed by atoms with Gasteiger partial charge in [0.05, 0.1) is 6.42 Å². The van der Waals surface area contributed by atoms with Crippen LogP contribution in [0.15, 0.2) is 24.3 Å². The van der Waals surface area contributed by atoms with Crippen LogP contribution in [-0.2, 0) is 36.9 Å². The minimum atomic E-state index is -0.238. The standard InChI is InChI=1S/C29H45N3O6/c1-4-9-25(27(35)5-2)10-6-7-15-30-29(37)31-16-8-17-38-21-28(36)32-20-24-13-11-23(12-14-24)19-26(34)18-22(3)33/h11-14,25H,4-10,15-21H2,1-3H3,(H,32,36)(H2,30,31,37). The van der Waals surface area contributed by atoms with Crippen molar-refractivity contribution in [3.63, 3.8) is 0 Å². The fourth-order valence-electron chi connectivity index (χ4n) is 4.02. The second kappa shape index (κ2) is 20.0. The van der Waals surface area contributed by atoms with E-state index in [1.807, 2.05) is 31.2 Å². The summed E-state index contributed by atoms with van der Waals surface area (Å²) in [5.74, 6) is -0.00637. The van der Waals surface area contributed by atoms with Crippen molar-refractivity contribution >= 4 is 29.3 Å². The lowest BCUT2D eigenvalue weighted by atomic mass is 9.91. The smallest absolute Gasteiger partial charge is 0.314 e. The van der Waals surface area contributed by atoms with Crippen molar-refractivity contribution in [1.29, 1.82) is 0 Å². The van der Waals surface area contributed by atoms with Gasteiger partial charge in [0.15, 0.2) is 0 Å². The second-order valence-electron chi connectivity index (χ2n) is 9.58. The third-order valence-corrected chi connectivity index (χ3v) is 6.05. The van der Waals surface area contributed by atoms with Crippen LogP contribution in [0.2, 0.25) is 0 Å². The molecule has 0 aliphatic carbocycles. The van der Waals surface area contributed by atoms with Crippen molar-refractivity contribution in [2.45, 2.75) is 85.1 Å². The summed E-state index contributed by atoms with van der Waals surface area (Å²) < 4.78 is 5.37. The summed E-state index contributed by atoms with van der Waals surface area (Å²) >= 11 is 0. The number of nitrogens with one attached hydrogen (secondary N) is 3. The summed E-state index contributed by atoms with van der Waals surface area (Å²) in [5, 5.41) is 8.37. The van der Waals surface area contributed by atoms with E-state index in [9.17, 15) is 24.0 Å². The van der Waals surface area contributed by atoms with Gasteiger partial charge in [0.25, 0.3) is 0 Å². The summed E-state index contributed by atoms with van der Waals surface area (Å²) in [6, 6.07) is 7.08. The minimum absolute atomic E-state index is 0.0509. The molecule has 1 aromatic rings. The number of hydrogen-bond acceptors (Lipinski definition) is 6. The molecule has 0 saturated heterocycles. The molecule has 212 valence electrons. The topological polar surface area (TPSA) is 131 Å². The first kappa shape index (κ1) is 33.0. The van der Waals surface area contributed by atoms with Crippen molar-refractivity contribution in [2.75, 3.05) is 26.3 Å². The first-order valence-corrected chi connectivity index (χ1v) is 13.7. The predicted molar refractivity (Wildman–Crippen MR) is 147 cm³/mol. The van der Waals surface area contributed by atoms with Crippen molar-refractivity contribution in [1.82, 2.24) is 16.0 Å². The molecule has 1 aromatic carbocycles. The first-order valence-electron chi connectivity index (χ1n) is 13.7. The van der Waals surface area contributed by atoms with Gasteiger partial charge in [-0.1, -0.05) is 51.0 Å². The zero-order valence-corrected chi connectivity index (χ0v) is 23.2. The number of carbonyl (C=O) groups excluding carboxylic acids is 5. The number of urea groups is 1. The Balaban J connectivity index is 2.06. The lowest BCUT2D eigenvalue weighted by Crippen LogP contribution is -2.37. The van der Waals surface area contributed by atoms with E-state index in [-0.39, 0.29) is 48.9 Å². The lowest BCUT2D eigenvalue weighted by molar-refractivity contribution is -0.126. The molecule has 3 N–H and O–H groups in total. The molecule has 0 fully saturated rings. The van der Waals surface area contributed by atoms with Crippen LogP contribution in [0, 0.1) is 5.92 Å². The second-order valence-corrected chi connectivity index (χ2v) is 9.58. The zero-order valence-electron chi connectivity index (χ0n) is 23.2. The number of ketones is 3. The van der Waals surface area contributed by atoms with E-state index in [0.717, 1.165) is 43.2 Å². The van der Waals surface area contributed by atoms with Crippen LogP contribution in [0.5, 0.6) is 0 Å². The van der Waals surface area contributed by atoms with Gasteiger partial charge >= 0.3 is 6.03 Å². The molecule has 1 rings (SSSR count). The number of carbonyl (C=O) groups is 5. The largest absolute Gasteiger partial charge is 0.372 e. The molecule has 0 aliphatic heterocycles. The van der Waals surface area contributed by atoms with E-state index in [1.54, 1.807) is 0 Å². The number of rotatable bonds is 21. The molecule has 1 unspecified atom stereocenters. The van der Waals surface area contributed by atoms with Gasteiger partial charge in [-0.3, -0.25) is 19.2 Å². The molecule has 9 nitrogen and oxygen atoms in total. The zero-order chi connectivity index (χ0) is 28.2. The number of hydrogen-bond donors (Lipinski definition) is 3. The Kier molecular flexibility index (Phi) is 17.3. The minimum Gasteiger partial charge on any atom is -0.372 e. The summed E-state index contributed by atoms with van der Waals surface area (Å²) in [6.07, 6.45) is 5.93. The molecule has 9 heteroatoms. The molecule has 0 radical (unpaired) electrons. The van der Waals surface area contributed by atoms with Crippen LogP contribution in [0.3, 0.4) is 0 Å². The molecular formula is C29H45N3O6. The third kappa shape index (κ3) is 15.9. The molecular weight excluding hydrogens is 486 g/mol. The van der Waals surface area contributed by atoms with Crippen molar-refractivity contribution in [3.8, 4) is 0 Å². The molecule has 0 aliphatic rings. The number of amides is 3. The highest BCUT2D eigenvalue weighted by molar-refractivity contribution is 5.98. The van der Waals surface area contributed by atoms with Gasteiger partial charge in [-0.25, -0.2) is 4.79 Å². The van der Waals surface area contributed by atoms with E-state index in [1.165, 1.54) is 6.92 Å². The van der Waals surface area contributed by atoms with Gasteiger partial charge in [0.1, 0.15) is 24.0 Å². The maximum Gasteiger partial charge on any atom is 0.314 e. The van der Waals surface area contributed by atoms with E-state index >= 15 is 0 Å². The van der Waals surface area contributed by atoms with E-state index in [2.05, 4.69) is 22.9 Å². The molecule has 3 amide bonds. The number of ether oxygens (including phenoxy) is 1. The Hall–Kier alpha value is -3.07. The van der Waals surface area contributed by atoms with Crippen LogP contribution >= 0.6 is 0 Å². The predicted octanol–water partition coefficient (Wildman–Crippen LogP) is 3.67. The highest BCUT2D eigenvalue weighted by atomic mass is 16.5. The van der Waals surface area contributed by atoms with E-state index in [0.29, 0.717) is 44.9 Å². The highest BCUT2D eigenvalue weighted by Crippen LogP contribution is 2.17. The average molecular weight is 532 g/mol. The maximum atomic E-state index is 12.0. The van der Waals surface area contributed by atoms with Gasteiger partial charge in [-0.05, 0) is 43.7 Å². The molecule has 0 bridgehead atoms. The highest BCUT2D eigenvalue weighted by Gasteiger charge is 2.15. The van der Waals surface area contributed by atoms with Crippen LogP contribution in [0.25, 0.3) is 0 Å². The molecule has 0 heterocycles. The number of Topliss-reactive ketones (excluding diaryl/α,β-unsaturated/α-hetero) is 3. The average Bonchev–Trinajstić information content (AvgIpc) is 2.88. The molecule has 0 aromatic heterocycles. The Labute approximate surface area is 226 Å². The van der Waals surface area contributed by atoms with Crippen molar-refractivity contribution in [2.24, 2.45) is 5.92 Å². The van der Waals surface area contributed by atoms with E-state index < -0.39 is 0 Å².